The molecule has 1 saturated heterocycles. The van der Waals surface area contributed by atoms with Crippen LogP contribution < -0.4 is 14.2 Å². The van der Waals surface area contributed by atoms with Crippen LogP contribution in [0, 0.1) is 0 Å². The Kier molecular flexibility index (Phi) is 8.96. The van der Waals surface area contributed by atoms with Crippen LogP contribution >= 0.6 is 0 Å². The lowest BCUT2D eigenvalue weighted by atomic mass is 9.85. The van der Waals surface area contributed by atoms with Crippen molar-refractivity contribution < 1.29 is 14.2 Å². The number of fused-ring (bicyclic) bond motifs is 1. The molecule has 0 radical (unpaired) electrons. The standard InChI is InChI=1S/C33H39N3O3/c1-25(23-32(26-7-11-29(37-2)12-8-26)27-9-13-30(38-3)14-10-27)36-19-17-35(18-20-36)21-22-39-33-6-4-5-28-24-34-16-15-31(28)33/h4-16,24-25,32H,17-23H2,1-3H3. The molecule has 0 N–H and O–H groups in total. The number of aromatic nitrogens is 1. The average molecular weight is 526 g/mol. The molecule has 1 aliphatic heterocycles. The lowest BCUT2D eigenvalue weighted by Gasteiger charge is -2.39. The van der Waals surface area contributed by atoms with Gasteiger partial charge in [0.05, 0.1) is 14.2 Å². The van der Waals surface area contributed by atoms with Gasteiger partial charge in [0.2, 0.25) is 0 Å². The zero-order valence-corrected chi connectivity index (χ0v) is 23.3. The summed E-state index contributed by atoms with van der Waals surface area (Å²) < 4.78 is 17.0. The summed E-state index contributed by atoms with van der Waals surface area (Å²) in [6.45, 7) is 8.25. The lowest BCUT2D eigenvalue weighted by Crippen LogP contribution is -2.50. The molecule has 1 aromatic heterocycles. The molecule has 6 heteroatoms. The molecule has 4 aromatic rings. The fraction of sp³-hybridized carbons (Fsp3) is 0.364. The number of ether oxygens (including phenoxy) is 3. The molecule has 1 unspecified atom stereocenters. The molecule has 2 heterocycles. The first kappa shape index (κ1) is 27.0. The van der Waals surface area contributed by atoms with Crippen LogP contribution in [0.5, 0.6) is 17.2 Å². The first-order valence-electron chi connectivity index (χ1n) is 13.8. The third-order valence-electron chi connectivity index (χ3n) is 7.95. The minimum atomic E-state index is 0.305. The third kappa shape index (κ3) is 6.70. The molecule has 0 saturated carbocycles. The average Bonchev–Trinajstić information content (AvgIpc) is 3.00. The molecule has 1 aliphatic rings. The van der Waals surface area contributed by atoms with Crippen molar-refractivity contribution in [3.63, 3.8) is 0 Å². The summed E-state index contributed by atoms with van der Waals surface area (Å²) in [5, 5.41) is 2.23. The van der Waals surface area contributed by atoms with Crippen LogP contribution in [0.3, 0.4) is 0 Å². The molecule has 1 fully saturated rings. The summed E-state index contributed by atoms with van der Waals surface area (Å²) in [7, 11) is 3.43. The highest BCUT2D eigenvalue weighted by Crippen LogP contribution is 2.33. The quantitative estimate of drug-likeness (QED) is 0.245. The molecular formula is C33H39N3O3. The van der Waals surface area contributed by atoms with Crippen molar-refractivity contribution in [1.29, 1.82) is 0 Å². The molecule has 0 spiro atoms. The Bertz CT molecular complexity index is 1270. The smallest absolute Gasteiger partial charge is 0.127 e. The Morgan fingerprint density at radius 2 is 1.44 bits per heavy atom. The molecule has 6 nitrogen and oxygen atoms in total. The molecule has 39 heavy (non-hydrogen) atoms. The number of piperazine rings is 1. The molecular weight excluding hydrogens is 486 g/mol. The number of hydrogen-bond donors (Lipinski definition) is 0. The van der Waals surface area contributed by atoms with E-state index in [-0.39, 0.29) is 0 Å². The number of rotatable bonds is 11. The molecule has 0 aliphatic carbocycles. The molecule has 204 valence electrons. The van der Waals surface area contributed by atoms with E-state index in [2.05, 4.69) is 76.3 Å². The van der Waals surface area contributed by atoms with Gasteiger partial charge in [-0.15, -0.1) is 0 Å². The first-order chi connectivity index (χ1) is 19.1. The third-order valence-corrected chi connectivity index (χ3v) is 7.95. The molecule has 0 amide bonds. The van der Waals surface area contributed by atoms with Crippen molar-refractivity contribution in [2.24, 2.45) is 0 Å². The number of hydrogen-bond acceptors (Lipinski definition) is 6. The number of benzene rings is 3. The Morgan fingerprint density at radius 3 is 2.05 bits per heavy atom. The number of pyridine rings is 1. The van der Waals surface area contributed by atoms with Gasteiger partial charge in [-0.3, -0.25) is 14.8 Å². The van der Waals surface area contributed by atoms with E-state index in [1.165, 1.54) is 11.1 Å². The van der Waals surface area contributed by atoms with Gasteiger partial charge in [0, 0.05) is 67.8 Å². The van der Waals surface area contributed by atoms with Crippen LogP contribution in [0.25, 0.3) is 10.8 Å². The van der Waals surface area contributed by atoms with Crippen molar-refractivity contribution in [3.8, 4) is 17.2 Å². The fourth-order valence-corrected chi connectivity index (χ4v) is 5.56. The second-order valence-corrected chi connectivity index (χ2v) is 10.3. The van der Waals surface area contributed by atoms with Crippen molar-refractivity contribution in [3.05, 3.63) is 96.3 Å². The van der Waals surface area contributed by atoms with Crippen molar-refractivity contribution >= 4 is 10.8 Å². The molecule has 5 rings (SSSR count). The summed E-state index contributed by atoms with van der Waals surface area (Å²) >= 11 is 0. The minimum Gasteiger partial charge on any atom is -0.497 e. The Hall–Kier alpha value is -3.61. The second kappa shape index (κ2) is 13.0. The highest BCUT2D eigenvalue weighted by atomic mass is 16.5. The normalized spacial score (nSPS) is 15.4. The minimum absolute atomic E-state index is 0.305. The van der Waals surface area contributed by atoms with Gasteiger partial charge in [0.25, 0.3) is 0 Å². The first-order valence-corrected chi connectivity index (χ1v) is 13.8. The van der Waals surface area contributed by atoms with Crippen molar-refractivity contribution in [1.82, 2.24) is 14.8 Å². The van der Waals surface area contributed by atoms with Crippen LogP contribution in [0.15, 0.2) is 85.2 Å². The maximum absolute atomic E-state index is 6.18. The number of nitrogens with zero attached hydrogens (tertiary/aromatic N) is 3. The van der Waals surface area contributed by atoms with Crippen LogP contribution in [-0.2, 0) is 0 Å². The Labute approximate surface area is 232 Å². The van der Waals surface area contributed by atoms with Gasteiger partial charge in [-0.05, 0) is 60.9 Å². The SMILES string of the molecule is COc1ccc(C(CC(C)N2CCN(CCOc3cccc4cnccc34)CC2)c2ccc(OC)cc2)cc1. The van der Waals surface area contributed by atoms with Gasteiger partial charge in [0.1, 0.15) is 23.9 Å². The van der Waals surface area contributed by atoms with Crippen LogP contribution in [0.1, 0.15) is 30.4 Å². The van der Waals surface area contributed by atoms with E-state index in [0.29, 0.717) is 18.6 Å². The predicted octanol–water partition coefficient (Wildman–Crippen LogP) is 5.86. The van der Waals surface area contributed by atoms with E-state index in [9.17, 15) is 0 Å². The van der Waals surface area contributed by atoms with E-state index in [0.717, 1.165) is 67.2 Å². The maximum atomic E-state index is 6.18. The van der Waals surface area contributed by atoms with Gasteiger partial charge >= 0.3 is 0 Å². The second-order valence-electron chi connectivity index (χ2n) is 10.3. The van der Waals surface area contributed by atoms with Crippen molar-refractivity contribution in [2.45, 2.75) is 25.3 Å². The highest BCUT2D eigenvalue weighted by Gasteiger charge is 2.25. The zero-order valence-electron chi connectivity index (χ0n) is 23.3. The summed E-state index contributed by atoms with van der Waals surface area (Å²) in [6.07, 6.45) is 4.76. The predicted molar refractivity (Wildman–Crippen MR) is 157 cm³/mol. The summed E-state index contributed by atoms with van der Waals surface area (Å²) in [6, 6.07) is 25.7. The van der Waals surface area contributed by atoms with E-state index < -0.39 is 0 Å². The van der Waals surface area contributed by atoms with Gasteiger partial charge in [0.15, 0.2) is 0 Å². The lowest BCUT2D eigenvalue weighted by molar-refractivity contribution is 0.0877. The van der Waals surface area contributed by atoms with Gasteiger partial charge < -0.3 is 14.2 Å². The fourth-order valence-electron chi connectivity index (χ4n) is 5.56. The van der Waals surface area contributed by atoms with Gasteiger partial charge in [-0.25, -0.2) is 0 Å². The zero-order chi connectivity index (χ0) is 27.0. The highest BCUT2D eigenvalue weighted by molar-refractivity contribution is 5.87. The Balaban J connectivity index is 1.16. The topological polar surface area (TPSA) is 47.1 Å². The maximum Gasteiger partial charge on any atom is 0.127 e. The van der Waals surface area contributed by atoms with E-state index in [1.807, 2.05) is 30.6 Å². The summed E-state index contributed by atoms with van der Waals surface area (Å²) in [5.74, 6) is 3.01. The van der Waals surface area contributed by atoms with Crippen LogP contribution in [0.4, 0.5) is 0 Å². The summed E-state index contributed by atoms with van der Waals surface area (Å²) in [5.41, 5.74) is 2.63. The van der Waals surface area contributed by atoms with E-state index in [4.69, 9.17) is 14.2 Å². The van der Waals surface area contributed by atoms with Crippen LogP contribution in [0.2, 0.25) is 0 Å². The van der Waals surface area contributed by atoms with Crippen molar-refractivity contribution in [2.75, 3.05) is 53.6 Å². The summed E-state index contributed by atoms with van der Waals surface area (Å²) in [4.78, 5) is 9.36. The van der Waals surface area contributed by atoms with E-state index >= 15 is 0 Å². The number of methoxy groups -OCH3 is 2. The van der Waals surface area contributed by atoms with Gasteiger partial charge in [-0.2, -0.15) is 0 Å². The largest absolute Gasteiger partial charge is 0.497 e. The molecule has 3 aromatic carbocycles. The van der Waals surface area contributed by atoms with Crippen LogP contribution in [-0.4, -0.2) is 74.4 Å². The van der Waals surface area contributed by atoms with Gasteiger partial charge in [-0.1, -0.05) is 36.4 Å². The molecule has 0 bridgehead atoms. The Morgan fingerprint density at radius 1 is 0.795 bits per heavy atom. The molecule has 1 atom stereocenters. The van der Waals surface area contributed by atoms with E-state index in [1.54, 1.807) is 14.2 Å². The monoisotopic (exact) mass is 525 g/mol.